The second-order valence-corrected chi connectivity index (χ2v) is 8.61. The van der Waals surface area contributed by atoms with Crippen LogP contribution < -0.4 is 5.32 Å². The topological polar surface area (TPSA) is 102 Å². The fourth-order valence-electron chi connectivity index (χ4n) is 2.17. The summed E-state index contributed by atoms with van der Waals surface area (Å²) in [6.07, 6.45) is 1.12. The van der Waals surface area contributed by atoms with Gasteiger partial charge in [-0.3, -0.25) is 4.79 Å². The fraction of sp³-hybridized carbons (Fsp3) is 0.750. The lowest BCUT2D eigenvalue weighted by atomic mass is 10.1. The first-order chi connectivity index (χ1) is 9.89. The van der Waals surface area contributed by atoms with Crippen LogP contribution in [0.15, 0.2) is 9.64 Å². The summed E-state index contributed by atoms with van der Waals surface area (Å²) in [7, 11) is -2.89. The van der Waals surface area contributed by atoms with Gasteiger partial charge in [-0.15, -0.1) is 10.2 Å². The van der Waals surface area contributed by atoms with Gasteiger partial charge in [0, 0.05) is 13.0 Å². The van der Waals surface area contributed by atoms with E-state index in [0.717, 1.165) is 0 Å². The van der Waals surface area contributed by atoms with Crippen molar-refractivity contribution in [3.05, 3.63) is 5.89 Å². The lowest BCUT2D eigenvalue weighted by Gasteiger charge is -2.07. The van der Waals surface area contributed by atoms with Crippen molar-refractivity contribution in [2.75, 3.05) is 18.1 Å². The minimum Gasteiger partial charge on any atom is -0.416 e. The Morgan fingerprint density at radius 1 is 1.52 bits per heavy atom. The molecule has 1 amide bonds. The van der Waals surface area contributed by atoms with E-state index in [-0.39, 0.29) is 28.6 Å². The first-order valence-electron chi connectivity index (χ1n) is 6.87. The van der Waals surface area contributed by atoms with Crippen LogP contribution >= 0.6 is 11.8 Å². The molecule has 1 aromatic rings. The number of hydrogen-bond acceptors (Lipinski definition) is 7. The number of thioether (sulfide) groups is 1. The maximum atomic E-state index is 11.6. The lowest BCUT2D eigenvalue weighted by Crippen LogP contribution is -2.30. The van der Waals surface area contributed by atoms with Crippen LogP contribution in [0, 0.1) is 5.92 Å². The summed E-state index contributed by atoms with van der Waals surface area (Å²) in [5, 5.41) is 10.6. The highest BCUT2D eigenvalue weighted by atomic mass is 32.2. The summed E-state index contributed by atoms with van der Waals surface area (Å²) >= 11 is 1.20. The van der Waals surface area contributed by atoms with E-state index in [4.69, 9.17) is 4.42 Å². The lowest BCUT2D eigenvalue weighted by molar-refractivity contribution is -0.120. The smallest absolute Gasteiger partial charge is 0.277 e. The molecule has 2 atom stereocenters. The van der Waals surface area contributed by atoms with Gasteiger partial charge in [0.25, 0.3) is 5.22 Å². The first kappa shape index (κ1) is 16.3. The Balaban J connectivity index is 1.88. The average molecular weight is 333 g/mol. The van der Waals surface area contributed by atoms with Crippen molar-refractivity contribution < 1.29 is 17.6 Å². The molecule has 1 aromatic heterocycles. The molecule has 118 valence electrons. The van der Waals surface area contributed by atoms with E-state index in [0.29, 0.717) is 30.5 Å². The molecular formula is C12H19N3O4S2. The van der Waals surface area contributed by atoms with Gasteiger partial charge in [0.2, 0.25) is 11.8 Å². The molecule has 0 aromatic carbocycles. The molecule has 1 N–H and O–H groups in total. The van der Waals surface area contributed by atoms with Crippen molar-refractivity contribution in [1.82, 2.24) is 15.5 Å². The van der Waals surface area contributed by atoms with Gasteiger partial charge in [0.1, 0.15) is 0 Å². The van der Waals surface area contributed by atoms with Gasteiger partial charge in [-0.2, -0.15) is 0 Å². The van der Waals surface area contributed by atoms with E-state index < -0.39 is 9.84 Å². The molecule has 1 aliphatic heterocycles. The van der Waals surface area contributed by atoms with Gasteiger partial charge >= 0.3 is 0 Å². The standard InChI is InChI=1S/C12H19N3O4S2/c1-3-13-11(16)8(2)20-12-15-14-10(19-12)6-9-4-5-21(17,18)7-9/h8-9H,3-7H2,1-2H3,(H,13,16)/t8-,9-/m1/s1. The van der Waals surface area contributed by atoms with Crippen molar-refractivity contribution in [3.63, 3.8) is 0 Å². The molecule has 1 fully saturated rings. The summed E-state index contributed by atoms with van der Waals surface area (Å²) in [5.74, 6) is 0.829. The zero-order valence-corrected chi connectivity index (χ0v) is 13.7. The predicted octanol–water partition coefficient (Wildman–Crippen LogP) is 0.664. The molecule has 1 aliphatic rings. The number of rotatable bonds is 6. The van der Waals surface area contributed by atoms with E-state index in [1.807, 2.05) is 6.92 Å². The van der Waals surface area contributed by atoms with Crippen LogP contribution in [-0.2, 0) is 21.1 Å². The van der Waals surface area contributed by atoms with E-state index >= 15 is 0 Å². The maximum absolute atomic E-state index is 11.6. The molecule has 9 heteroatoms. The van der Waals surface area contributed by atoms with E-state index in [1.165, 1.54) is 11.8 Å². The molecule has 0 bridgehead atoms. The molecule has 2 rings (SSSR count). The van der Waals surface area contributed by atoms with E-state index in [1.54, 1.807) is 6.92 Å². The second-order valence-electron chi connectivity index (χ2n) is 5.09. The first-order valence-corrected chi connectivity index (χ1v) is 9.57. The van der Waals surface area contributed by atoms with Crippen molar-refractivity contribution in [2.24, 2.45) is 5.92 Å². The maximum Gasteiger partial charge on any atom is 0.277 e. The van der Waals surface area contributed by atoms with Crippen LogP contribution in [0.5, 0.6) is 0 Å². The zero-order valence-electron chi connectivity index (χ0n) is 12.0. The van der Waals surface area contributed by atoms with Crippen molar-refractivity contribution in [2.45, 2.75) is 37.2 Å². The molecule has 0 saturated carbocycles. The number of amides is 1. The molecule has 0 aliphatic carbocycles. The molecule has 1 saturated heterocycles. The van der Waals surface area contributed by atoms with Crippen LogP contribution in [-0.4, -0.2) is 47.8 Å². The number of nitrogens with zero attached hydrogens (tertiary/aromatic N) is 2. The van der Waals surface area contributed by atoms with Gasteiger partial charge in [0.15, 0.2) is 9.84 Å². The summed E-state index contributed by atoms with van der Waals surface area (Å²) < 4.78 is 28.3. The normalized spacial score (nSPS) is 22.1. The van der Waals surface area contributed by atoms with E-state index in [9.17, 15) is 13.2 Å². The highest BCUT2D eigenvalue weighted by Crippen LogP contribution is 2.25. The molecule has 7 nitrogen and oxygen atoms in total. The van der Waals surface area contributed by atoms with Crippen molar-refractivity contribution in [3.8, 4) is 0 Å². The number of nitrogens with one attached hydrogen (secondary N) is 1. The Hall–Kier alpha value is -1.09. The summed E-state index contributed by atoms with van der Waals surface area (Å²) in [5.41, 5.74) is 0. The van der Waals surface area contributed by atoms with Crippen molar-refractivity contribution >= 4 is 27.5 Å². The fourth-order valence-corrected chi connectivity index (χ4v) is 4.76. The van der Waals surface area contributed by atoms with Crippen LogP contribution in [0.4, 0.5) is 0 Å². The SMILES string of the molecule is CCNC(=O)[C@@H](C)Sc1nnc(C[C@H]2CCS(=O)(=O)C2)o1. The third-order valence-electron chi connectivity index (χ3n) is 3.24. The third kappa shape index (κ3) is 4.70. The average Bonchev–Trinajstić information content (AvgIpc) is 2.97. The van der Waals surface area contributed by atoms with Gasteiger partial charge in [0.05, 0.1) is 16.8 Å². The summed E-state index contributed by atoms with van der Waals surface area (Å²) in [6.45, 7) is 4.20. The van der Waals surface area contributed by atoms with Crippen LogP contribution in [0.2, 0.25) is 0 Å². The Morgan fingerprint density at radius 2 is 2.29 bits per heavy atom. The van der Waals surface area contributed by atoms with Crippen LogP contribution in [0.1, 0.15) is 26.2 Å². The molecule has 2 heterocycles. The Kier molecular flexibility index (Phi) is 5.26. The Morgan fingerprint density at radius 3 is 2.90 bits per heavy atom. The quantitative estimate of drug-likeness (QED) is 0.763. The number of carbonyl (C=O) groups is 1. The van der Waals surface area contributed by atoms with Crippen LogP contribution in [0.25, 0.3) is 0 Å². The number of aromatic nitrogens is 2. The summed E-state index contributed by atoms with van der Waals surface area (Å²) in [4.78, 5) is 11.6. The van der Waals surface area contributed by atoms with Gasteiger partial charge in [-0.25, -0.2) is 8.42 Å². The number of sulfone groups is 1. The molecule has 0 spiro atoms. The minimum atomic E-state index is -2.89. The third-order valence-corrected chi connectivity index (χ3v) is 6.01. The highest BCUT2D eigenvalue weighted by Gasteiger charge is 2.29. The van der Waals surface area contributed by atoms with Crippen molar-refractivity contribution in [1.29, 1.82) is 0 Å². The van der Waals surface area contributed by atoms with Gasteiger partial charge < -0.3 is 9.73 Å². The summed E-state index contributed by atoms with van der Waals surface area (Å²) in [6, 6.07) is 0. The predicted molar refractivity (Wildman–Crippen MR) is 78.8 cm³/mol. The largest absolute Gasteiger partial charge is 0.416 e. The molecule has 0 unspecified atom stereocenters. The zero-order chi connectivity index (χ0) is 15.5. The highest BCUT2D eigenvalue weighted by molar-refractivity contribution is 8.00. The Bertz CT molecular complexity index is 599. The van der Waals surface area contributed by atoms with Gasteiger partial charge in [-0.05, 0) is 26.2 Å². The molecule has 0 radical (unpaired) electrons. The minimum absolute atomic E-state index is 0.0501. The van der Waals surface area contributed by atoms with E-state index in [2.05, 4.69) is 15.5 Å². The van der Waals surface area contributed by atoms with Gasteiger partial charge in [-0.1, -0.05) is 11.8 Å². The Labute approximate surface area is 128 Å². The second kappa shape index (κ2) is 6.78. The van der Waals surface area contributed by atoms with Crippen LogP contribution in [0.3, 0.4) is 0 Å². The monoisotopic (exact) mass is 333 g/mol. The molecular weight excluding hydrogens is 314 g/mol. The number of carbonyl (C=O) groups excluding carboxylic acids is 1. The molecule has 21 heavy (non-hydrogen) atoms. The number of hydrogen-bond donors (Lipinski definition) is 1.